The smallest absolute Gasteiger partial charge is 0.259 e. The number of carbonyl (C=O) groups excluding carboxylic acids is 1. The number of amides is 1. The van der Waals surface area contributed by atoms with E-state index in [-0.39, 0.29) is 23.6 Å². The summed E-state index contributed by atoms with van der Waals surface area (Å²) < 4.78 is 13.0. The van der Waals surface area contributed by atoms with Gasteiger partial charge in [-0.05, 0) is 56.0 Å². The molecule has 6 heterocycles. The van der Waals surface area contributed by atoms with Gasteiger partial charge in [-0.2, -0.15) is 5.10 Å². The number of hydrogen-bond acceptors (Lipinski definition) is 8. The number of nitrogens with zero attached hydrogens (tertiary/aromatic N) is 6. The van der Waals surface area contributed by atoms with Crippen molar-refractivity contribution in [3.8, 4) is 0 Å². The van der Waals surface area contributed by atoms with Crippen molar-refractivity contribution >= 4 is 33.5 Å². The van der Waals surface area contributed by atoms with Crippen LogP contribution in [0.4, 0.5) is 5.82 Å². The summed E-state index contributed by atoms with van der Waals surface area (Å²) in [5.41, 5.74) is 4.07. The second kappa shape index (κ2) is 11.7. The zero-order valence-corrected chi connectivity index (χ0v) is 24.9. The number of aryl methyl sites for hydroxylation is 1. The monoisotopic (exact) mass is 585 g/mol. The second-order valence-corrected chi connectivity index (χ2v) is 12.1. The molecule has 1 amide bonds. The molecular weight excluding hydrogens is 546 g/mol. The van der Waals surface area contributed by atoms with Crippen LogP contribution >= 0.6 is 0 Å². The van der Waals surface area contributed by atoms with Gasteiger partial charge >= 0.3 is 0 Å². The molecule has 11 nitrogen and oxygen atoms in total. The standard InChI is InChI=1S/C32H39N7O4/c1-21-15-28-26(30-27(31(40)35-28)18-34-39(30)24-5-11-42-12-6-24)16-25(21)32(41)38-8-7-37(22(2)19-38)20-23-3-4-29(33-17-23)36-9-13-43-14-10-36/h3-4,15-18,22,24H,5-14,19-20H2,1-2H3,(H,35,40). The van der Waals surface area contributed by atoms with Gasteiger partial charge in [0.2, 0.25) is 0 Å². The van der Waals surface area contributed by atoms with Crippen molar-refractivity contribution in [1.82, 2.24) is 29.5 Å². The molecule has 0 spiro atoms. The number of pyridine rings is 2. The number of hydrogen-bond donors (Lipinski definition) is 1. The molecule has 226 valence electrons. The van der Waals surface area contributed by atoms with Gasteiger partial charge < -0.3 is 24.3 Å². The topological polar surface area (TPSA) is 109 Å². The number of morpholine rings is 1. The lowest BCUT2D eigenvalue weighted by Gasteiger charge is -2.40. The van der Waals surface area contributed by atoms with E-state index in [9.17, 15) is 9.59 Å². The van der Waals surface area contributed by atoms with E-state index in [2.05, 4.69) is 38.9 Å². The quantitative estimate of drug-likeness (QED) is 0.381. The fraction of sp³-hybridized carbons (Fsp3) is 0.500. The van der Waals surface area contributed by atoms with Crippen LogP contribution in [0.1, 0.15) is 47.3 Å². The molecule has 0 bridgehead atoms. The zero-order chi connectivity index (χ0) is 29.5. The van der Waals surface area contributed by atoms with E-state index in [1.54, 1.807) is 6.20 Å². The summed E-state index contributed by atoms with van der Waals surface area (Å²) in [6.07, 6.45) is 5.32. The molecule has 3 aliphatic rings. The Balaban J connectivity index is 1.09. The molecule has 4 aromatic rings. The highest BCUT2D eigenvalue weighted by Crippen LogP contribution is 2.30. The van der Waals surface area contributed by atoms with Crippen molar-refractivity contribution < 1.29 is 14.3 Å². The van der Waals surface area contributed by atoms with Gasteiger partial charge in [-0.1, -0.05) is 6.07 Å². The van der Waals surface area contributed by atoms with Gasteiger partial charge in [0.1, 0.15) is 5.82 Å². The first kappa shape index (κ1) is 28.0. The number of carbonyl (C=O) groups is 1. The van der Waals surface area contributed by atoms with Gasteiger partial charge in [-0.25, -0.2) is 4.98 Å². The van der Waals surface area contributed by atoms with E-state index in [4.69, 9.17) is 14.5 Å². The van der Waals surface area contributed by atoms with Gasteiger partial charge in [0.05, 0.1) is 41.9 Å². The summed E-state index contributed by atoms with van der Waals surface area (Å²) in [6, 6.07) is 8.52. The molecule has 3 aromatic heterocycles. The van der Waals surface area contributed by atoms with Gasteiger partial charge in [0.25, 0.3) is 11.5 Å². The normalized spacial score (nSPS) is 20.7. The fourth-order valence-electron chi connectivity index (χ4n) is 6.74. The van der Waals surface area contributed by atoms with Crippen molar-refractivity contribution in [2.24, 2.45) is 0 Å². The van der Waals surface area contributed by atoms with Crippen LogP contribution in [-0.2, 0) is 16.0 Å². The van der Waals surface area contributed by atoms with Gasteiger partial charge in [0, 0.05) is 75.7 Å². The van der Waals surface area contributed by atoms with Crippen LogP contribution in [0.2, 0.25) is 0 Å². The van der Waals surface area contributed by atoms with Crippen molar-refractivity contribution in [3.05, 3.63) is 63.7 Å². The third kappa shape index (κ3) is 5.41. The summed E-state index contributed by atoms with van der Waals surface area (Å²) in [5.74, 6) is 1.03. The Bertz CT molecular complexity index is 1690. The molecular formula is C32H39N7O4. The number of piperazine rings is 1. The molecule has 1 N–H and O–H groups in total. The lowest BCUT2D eigenvalue weighted by atomic mass is 10.0. The van der Waals surface area contributed by atoms with Crippen molar-refractivity contribution in [1.29, 1.82) is 0 Å². The maximum Gasteiger partial charge on any atom is 0.259 e. The average Bonchev–Trinajstić information content (AvgIpc) is 3.49. The maximum absolute atomic E-state index is 14.0. The molecule has 0 radical (unpaired) electrons. The molecule has 1 atom stereocenters. The fourth-order valence-corrected chi connectivity index (χ4v) is 6.74. The highest BCUT2D eigenvalue weighted by Gasteiger charge is 2.29. The first-order valence-corrected chi connectivity index (χ1v) is 15.4. The summed E-state index contributed by atoms with van der Waals surface area (Å²) in [7, 11) is 0. The minimum atomic E-state index is -0.157. The summed E-state index contributed by atoms with van der Waals surface area (Å²) >= 11 is 0. The third-order valence-electron chi connectivity index (χ3n) is 9.26. The lowest BCUT2D eigenvalue weighted by molar-refractivity contribution is 0.0494. The first-order valence-electron chi connectivity index (χ1n) is 15.4. The number of rotatable bonds is 5. The minimum absolute atomic E-state index is 0.0268. The number of H-pyrrole nitrogens is 1. The van der Waals surface area contributed by atoms with Crippen LogP contribution in [0.5, 0.6) is 0 Å². The van der Waals surface area contributed by atoms with E-state index in [0.717, 1.165) is 80.0 Å². The maximum atomic E-state index is 14.0. The molecule has 3 fully saturated rings. The predicted octanol–water partition coefficient (Wildman–Crippen LogP) is 3.12. The van der Waals surface area contributed by atoms with E-state index in [1.807, 2.05) is 34.8 Å². The van der Waals surface area contributed by atoms with Gasteiger partial charge in [0.15, 0.2) is 0 Å². The SMILES string of the molecule is Cc1cc2[nH]c(=O)c3cnn(C4CCOCC4)c3c2cc1C(=O)N1CCN(Cc2ccc(N3CCOCC3)nc2)C(C)C1. The van der Waals surface area contributed by atoms with E-state index < -0.39 is 0 Å². The largest absolute Gasteiger partial charge is 0.381 e. The summed E-state index contributed by atoms with van der Waals surface area (Å²) in [5, 5.41) is 6.03. The average molecular weight is 586 g/mol. The Morgan fingerprint density at radius 3 is 2.53 bits per heavy atom. The van der Waals surface area contributed by atoms with Crippen molar-refractivity contribution in [2.45, 2.75) is 45.3 Å². The summed E-state index contributed by atoms with van der Waals surface area (Å²) in [4.78, 5) is 41.3. The third-order valence-corrected chi connectivity index (χ3v) is 9.26. The van der Waals surface area contributed by atoms with Crippen LogP contribution in [0.15, 0.2) is 41.5 Å². The lowest BCUT2D eigenvalue weighted by Crippen LogP contribution is -2.53. The Kier molecular flexibility index (Phi) is 7.62. The highest BCUT2D eigenvalue weighted by atomic mass is 16.5. The van der Waals surface area contributed by atoms with Crippen LogP contribution in [-0.4, -0.2) is 101 Å². The Morgan fingerprint density at radius 1 is 1.00 bits per heavy atom. The van der Waals surface area contributed by atoms with Gasteiger partial charge in [-0.3, -0.25) is 19.2 Å². The highest BCUT2D eigenvalue weighted by molar-refractivity contribution is 6.07. The second-order valence-electron chi connectivity index (χ2n) is 12.1. The molecule has 11 heteroatoms. The Labute approximate surface area is 250 Å². The van der Waals surface area contributed by atoms with Crippen molar-refractivity contribution in [3.63, 3.8) is 0 Å². The number of aromatic amines is 1. The minimum Gasteiger partial charge on any atom is -0.381 e. The van der Waals surface area contributed by atoms with E-state index in [1.165, 1.54) is 5.56 Å². The number of fused-ring (bicyclic) bond motifs is 3. The molecule has 0 aliphatic carbocycles. The predicted molar refractivity (Wildman–Crippen MR) is 165 cm³/mol. The van der Waals surface area contributed by atoms with E-state index >= 15 is 0 Å². The number of anilines is 1. The summed E-state index contributed by atoms with van der Waals surface area (Å²) in [6.45, 7) is 11.6. The molecule has 43 heavy (non-hydrogen) atoms. The van der Waals surface area contributed by atoms with Crippen LogP contribution in [0.3, 0.4) is 0 Å². The van der Waals surface area contributed by atoms with Gasteiger partial charge in [-0.15, -0.1) is 0 Å². The molecule has 3 aliphatic heterocycles. The number of benzene rings is 1. The first-order chi connectivity index (χ1) is 21.0. The number of ether oxygens (including phenoxy) is 2. The Hall–Kier alpha value is -3.80. The van der Waals surface area contributed by atoms with Crippen LogP contribution < -0.4 is 10.5 Å². The van der Waals surface area contributed by atoms with Crippen LogP contribution in [0.25, 0.3) is 21.8 Å². The molecule has 0 saturated carbocycles. The Morgan fingerprint density at radius 2 is 1.79 bits per heavy atom. The zero-order valence-electron chi connectivity index (χ0n) is 24.9. The molecule has 3 saturated heterocycles. The van der Waals surface area contributed by atoms with E-state index in [0.29, 0.717) is 37.3 Å². The van der Waals surface area contributed by atoms with Crippen molar-refractivity contribution in [2.75, 3.05) is 64.1 Å². The van der Waals surface area contributed by atoms with Crippen LogP contribution in [0, 0.1) is 6.92 Å². The number of aromatic nitrogens is 4. The number of nitrogens with one attached hydrogen (secondary N) is 1. The molecule has 1 aromatic carbocycles. The molecule has 1 unspecified atom stereocenters. The molecule has 7 rings (SSSR count).